The second kappa shape index (κ2) is 4.32. The lowest BCUT2D eigenvalue weighted by Crippen LogP contribution is -2.27. The van der Waals surface area contributed by atoms with Gasteiger partial charge in [-0.2, -0.15) is 5.10 Å². The number of aromatic nitrogens is 3. The Morgan fingerprint density at radius 1 is 1.53 bits per heavy atom. The highest BCUT2D eigenvalue weighted by Gasteiger charge is 2.27. The van der Waals surface area contributed by atoms with Crippen LogP contribution in [0, 0.1) is 0 Å². The molecule has 1 rings (SSSR count). The van der Waals surface area contributed by atoms with Gasteiger partial charge in [-0.15, -0.1) is 0 Å². The molecule has 0 fully saturated rings. The van der Waals surface area contributed by atoms with Gasteiger partial charge in [0, 0.05) is 7.05 Å². The van der Waals surface area contributed by atoms with E-state index in [0.717, 1.165) is 0 Å². The zero-order valence-corrected chi connectivity index (χ0v) is 10.5. The Hall–Kier alpha value is -0.880. The van der Waals surface area contributed by atoms with Gasteiger partial charge in [0.15, 0.2) is 5.82 Å². The average Bonchev–Trinajstić information content (AvgIpc) is 2.49. The predicted octanol–water partition coefficient (Wildman–Crippen LogP) is 1.09. The highest BCUT2D eigenvalue weighted by molar-refractivity contribution is 7.91. The van der Waals surface area contributed by atoms with E-state index in [-0.39, 0.29) is 4.75 Å². The normalized spacial score (nSPS) is 15.5. The van der Waals surface area contributed by atoms with Crippen molar-refractivity contribution in [1.29, 1.82) is 0 Å². The van der Waals surface area contributed by atoms with Crippen molar-refractivity contribution >= 4 is 17.1 Å². The van der Waals surface area contributed by atoms with Gasteiger partial charge in [-0.25, -0.2) is 9.67 Å². The maximum atomic E-state index is 11.7. The molecule has 0 aromatic carbocycles. The summed E-state index contributed by atoms with van der Waals surface area (Å²) in [6.45, 7) is 7.44. The molecule has 1 atom stereocenters. The highest BCUT2D eigenvalue weighted by atomic mass is 32.2. The Morgan fingerprint density at radius 3 is 2.53 bits per heavy atom. The topological polar surface area (TPSA) is 66.1 Å². The van der Waals surface area contributed by atoms with E-state index in [1.165, 1.54) is 6.33 Å². The Kier molecular flexibility index (Phi) is 3.51. The first-order valence-corrected chi connectivity index (χ1v) is 5.74. The third kappa shape index (κ3) is 3.04. The summed E-state index contributed by atoms with van der Waals surface area (Å²) >= 11 is -1.25. The molecule has 0 N–H and O–H groups in total. The molecule has 1 aromatic rings. The van der Waals surface area contributed by atoms with Gasteiger partial charge in [-0.1, -0.05) is 4.40 Å². The number of hydrogen-bond acceptors (Lipinski definition) is 4. The zero-order valence-electron chi connectivity index (χ0n) is 9.68. The summed E-state index contributed by atoms with van der Waals surface area (Å²) < 4.78 is 17.1. The lowest BCUT2D eigenvalue weighted by molar-refractivity contribution is 0.561. The minimum Gasteiger partial charge on any atom is -0.591 e. The Labute approximate surface area is 92.9 Å². The molecule has 0 amide bonds. The van der Waals surface area contributed by atoms with Crippen LogP contribution in [0.25, 0.3) is 0 Å². The van der Waals surface area contributed by atoms with Crippen LogP contribution in [0.2, 0.25) is 0 Å². The van der Waals surface area contributed by atoms with Gasteiger partial charge in [0.05, 0.1) is 0 Å². The SMILES string of the molecule is C/C(=N\[S@+]([O-])C(C)(C)C)c1ncnn1C. The molecule has 0 radical (unpaired) electrons. The van der Waals surface area contributed by atoms with Gasteiger partial charge in [0.2, 0.25) is 0 Å². The third-order valence-electron chi connectivity index (χ3n) is 1.78. The molecule has 0 unspecified atom stereocenters. The fourth-order valence-corrected chi connectivity index (χ4v) is 1.53. The summed E-state index contributed by atoms with van der Waals surface area (Å²) in [5.41, 5.74) is 0.642. The largest absolute Gasteiger partial charge is 0.591 e. The maximum Gasteiger partial charge on any atom is 0.176 e. The summed E-state index contributed by atoms with van der Waals surface area (Å²) in [6, 6.07) is 0. The van der Waals surface area contributed by atoms with Crippen LogP contribution in [0.3, 0.4) is 0 Å². The fourth-order valence-electron chi connectivity index (χ4n) is 0.926. The summed E-state index contributed by atoms with van der Waals surface area (Å²) in [4.78, 5) is 4.04. The van der Waals surface area contributed by atoms with Gasteiger partial charge in [-0.3, -0.25) is 0 Å². The third-order valence-corrected chi connectivity index (χ3v) is 3.27. The van der Waals surface area contributed by atoms with Gasteiger partial charge in [0.1, 0.15) is 28.1 Å². The predicted molar refractivity (Wildman–Crippen MR) is 61.1 cm³/mol. The molecule has 0 aliphatic carbocycles. The van der Waals surface area contributed by atoms with Crippen molar-refractivity contribution in [3.63, 3.8) is 0 Å². The molecule has 0 aliphatic rings. The second-order valence-corrected chi connectivity index (χ2v) is 6.15. The Balaban J connectivity index is 2.90. The van der Waals surface area contributed by atoms with Crippen LogP contribution < -0.4 is 0 Å². The van der Waals surface area contributed by atoms with Crippen LogP contribution in [-0.4, -0.2) is 29.8 Å². The lowest BCUT2D eigenvalue weighted by atomic mass is 10.3. The van der Waals surface area contributed by atoms with Crippen molar-refractivity contribution in [2.45, 2.75) is 32.4 Å². The first kappa shape index (κ1) is 12.2. The van der Waals surface area contributed by atoms with Crippen molar-refractivity contribution in [1.82, 2.24) is 14.8 Å². The van der Waals surface area contributed by atoms with Crippen LogP contribution in [0.5, 0.6) is 0 Å². The molecule has 0 aliphatic heterocycles. The van der Waals surface area contributed by atoms with E-state index in [1.807, 2.05) is 20.8 Å². The van der Waals surface area contributed by atoms with Crippen LogP contribution in [0.1, 0.15) is 33.5 Å². The summed E-state index contributed by atoms with van der Waals surface area (Å²) in [6.07, 6.45) is 1.45. The van der Waals surface area contributed by atoms with Gasteiger partial charge in [0.25, 0.3) is 0 Å². The molecular formula is C9H16N4OS. The molecule has 0 saturated carbocycles. The molecule has 0 spiro atoms. The minimum atomic E-state index is -1.25. The molecule has 15 heavy (non-hydrogen) atoms. The number of nitrogens with zero attached hydrogens (tertiary/aromatic N) is 4. The number of hydrogen-bond donors (Lipinski definition) is 0. The highest BCUT2D eigenvalue weighted by Crippen LogP contribution is 2.17. The van der Waals surface area contributed by atoms with Crippen LogP contribution in [-0.2, 0) is 18.4 Å². The van der Waals surface area contributed by atoms with Crippen molar-refractivity contribution in [2.24, 2.45) is 11.4 Å². The number of rotatable bonds is 2. The van der Waals surface area contributed by atoms with E-state index in [2.05, 4.69) is 14.5 Å². The van der Waals surface area contributed by atoms with E-state index in [4.69, 9.17) is 0 Å². The minimum absolute atomic E-state index is 0.347. The standard InChI is InChI=1S/C9H16N4OS/c1-7(8-10-6-11-13(8)5)12-15(14)9(2,3)4/h6H,1-5H3/b12-7+/t15-/m1/s1. The first-order valence-electron chi connectivity index (χ1n) is 4.64. The quantitative estimate of drug-likeness (QED) is 0.562. The van der Waals surface area contributed by atoms with Gasteiger partial charge in [-0.05, 0) is 27.7 Å². The van der Waals surface area contributed by atoms with Crippen LogP contribution in [0.4, 0.5) is 0 Å². The number of aryl methyl sites for hydroxylation is 1. The van der Waals surface area contributed by atoms with E-state index in [1.54, 1.807) is 18.7 Å². The molecular weight excluding hydrogens is 212 g/mol. The van der Waals surface area contributed by atoms with E-state index >= 15 is 0 Å². The van der Waals surface area contributed by atoms with Gasteiger partial charge < -0.3 is 4.55 Å². The molecule has 84 valence electrons. The molecule has 1 heterocycles. The summed E-state index contributed by atoms with van der Waals surface area (Å²) in [7, 11) is 1.78. The summed E-state index contributed by atoms with van der Waals surface area (Å²) in [5, 5.41) is 3.93. The molecule has 0 bridgehead atoms. The van der Waals surface area contributed by atoms with Crippen molar-refractivity contribution in [3.8, 4) is 0 Å². The summed E-state index contributed by atoms with van der Waals surface area (Å²) in [5.74, 6) is 0.646. The maximum absolute atomic E-state index is 11.7. The fraction of sp³-hybridized carbons (Fsp3) is 0.667. The Morgan fingerprint density at radius 2 is 2.13 bits per heavy atom. The smallest absolute Gasteiger partial charge is 0.176 e. The van der Waals surface area contributed by atoms with Crippen molar-refractivity contribution < 1.29 is 4.55 Å². The Bertz CT molecular complexity index is 366. The van der Waals surface area contributed by atoms with Crippen molar-refractivity contribution in [3.05, 3.63) is 12.2 Å². The van der Waals surface area contributed by atoms with E-state index in [9.17, 15) is 4.55 Å². The van der Waals surface area contributed by atoms with Gasteiger partial charge >= 0.3 is 0 Å². The zero-order chi connectivity index (χ0) is 11.6. The molecule has 6 heteroatoms. The average molecular weight is 228 g/mol. The lowest BCUT2D eigenvalue weighted by Gasteiger charge is -2.18. The van der Waals surface area contributed by atoms with Crippen molar-refractivity contribution in [2.75, 3.05) is 0 Å². The van der Waals surface area contributed by atoms with E-state index < -0.39 is 11.4 Å². The first-order chi connectivity index (χ1) is 6.82. The monoisotopic (exact) mass is 228 g/mol. The second-order valence-electron chi connectivity index (χ2n) is 4.25. The van der Waals surface area contributed by atoms with Crippen LogP contribution in [0.15, 0.2) is 10.7 Å². The molecule has 1 aromatic heterocycles. The van der Waals surface area contributed by atoms with E-state index in [0.29, 0.717) is 11.5 Å². The van der Waals surface area contributed by atoms with Crippen LogP contribution >= 0.6 is 0 Å². The molecule has 5 nitrogen and oxygen atoms in total. The molecule has 0 saturated heterocycles.